The number of ether oxygens (including phenoxy) is 1. The monoisotopic (exact) mass is 412 g/mol. The Labute approximate surface area is 176 Å². The number of benzene rings is 1. The molecule has 0 bridgehead atoms. The molecular weight excluding hydrogens is 384 g/mol. The van der Waals surface area contributed by atoms with Crippen molar-refractivity contribution in [3.63, 3.8) is 0 Å². The summed E-state index contributed by atoms with van der Waals surface area (Å²) >= 11 is 1.62. The summed E-state index contributed by atoms with van der Waals surface area (Å²) in [6.45, 7) is 4.21. The zero-order chi connectivity index (χ0) is 21.0. The molecule has 2 atom stereocenters. The van der Waals surface area contributed by atoms with Crippen LogP contribution in [0.5, 0.6) is 17.2 Å². The fourth-order valence-electron chi connectivity index (χ4n) is 3.98. The molecule has 1 aromatic heterocycles. The lowest BCUT2D eigenvalue weighted by Crippen LogP contribution is -2.25. The number of methoxy groups -OCH3 is 1. The molecule has 1 aliphatic carbocycles. The molecule has 3 rings (SSSR count). The number of carbonyl (C=O) groups excluding carboxylic acids is 1. The number of carbonyl (C=O) groups is 1. The van der Waals surface area contributed by atoms with Crippen LogP contribution >= 0.6 is 11.3 Å². The number of phenolic OH excluding ortho intramolecular Hbond substituents is 2. The first-order valence-corrected chi connectivity index (χ1v) is 10.8. The number of Topliss-reactive ketones (excluding diaryl/α,β-unsaturated/α-hetero) is 1. The van der Waals surface area contributed by atoms with Crippen molar-refractivity contribution in [2.24, 2.45) is 5.92 Å². The normalized spacial score (nSPS) is 18.8. The van der Waals surface area contributed by atoms with E-state index in [9.17, 15) is 15.0 Å². The van der Waals surface area contributed by atoms with Gasteiger partial charge in [0.2, 0.25) is 0 Å². The largest absolute Gasteiger partial charge is 0.507 e. The second kappa shape index (κ2) is 9.31. The standard InChI is InChI=1S/C24H28O4S/c1-15(2)5-4-6-16-7-8-19(20(11-16)17-9-10-29-14-17)24(27)23-21(25)12-18(28-3)13-22(23)26/h5,7,9-10,12-14,19-20,25-26H,4,6,8,11H2,1-3H3/t19-,20+/m0/s1. The fourth-order valence-corrected chi connectivity index (χ4v) is 4.71. The SMILES string of the molecule is COc1cc(O)c(C(=O)[C@H]2CC=C(CCC=C(C)C)C[C@@H]2c2ccsc2)c(O)c1. The molecule has 0 spiro atoms. The van der Waals surface area contributed by atoms with E-state index in [-0.39, 0.29) is 34.7 Å². The van der Waals surface area contributed by atoms with Crippen LogP contribution in [0.1, 0.15) is 61.4 Å². The van der Waals surface area contributed by atoms with Gasteiger partial charge < -0.3 is 14.9 Å². The predicted octanol–water partition coefficient (Wildman–Crippen LogP) is 6.22. The lowest BCUT2D eigenvalue weighted by atomic mass is 9.72. The van der Waals surface area contributed by atoms with E-state index < -0.39 is 0 Å². The van der Waals surface area contributed by atoms with Gasteiger partial charge >= 0.3 is 0 Å². The van der Waals surface area contributed by atoms with E-state index >= 15 is 0 Å². The fraction of sp³-hybridized carbons (Fsp3) is 0.375. The number of phenols is 2. The Morgan fingerprint density at radius 1 is 1.28 bits per heavy atom. The summed E-state index contributed by atoms with van der Waals surface area (Å²) in [6, 6.07) is 4.81. The van der Waals surface area contributed by atoms with E-state index in [1.54, 1.807) is 11.3 Å². The maximum atomic E-state index is 13.4. The second-order valence-electron chi connectivity index (χ2n) is 7.80. The Kier molecular flexibility index (Phi) is 6.80. The van der Waals surface area contributed by atoms with Crippen LogP contribution in [-0.4, -0.2) is 23.1 Å². The summed E-state index contributed by atoms with van der Waals surface area (Å²) in [4.78, 5) is 13.4. The van der Waals surface area contributed by atoms with Crippen LogP contribution in [-0.2, 0) is 0 Å². The number of ketones is 1. The summed E-state index contributed by atoms with van der Waals surface area (Å²) in [5.74, 6) is -0.665. The molecule has 2 N–H and O–H groups in total. The quantitative estimate of drug-likeness (QED) is 0.419. The van der Waals surface area contributed by atoms with Crippen molar-refractivity contribution in [1.82, 2.24) is 0 Å². The van der Waals surface area contributed by atoms with Gasteiger partial charge in [0, 0.05) is 18.1 Å². The molecule has 4 nitrogen and oxygen atoms in total. The van der Waals surface area contributed by atoms with Gasteiger partial charge in [-0.1, -0.05) is 23.3 Å². The number of hydrogen-bond donors (Lipinski definition) is 2. The molecule has 154 valence electrons. The highest BCUT2D eigenvalue weighted by Crippen LogP contribution is 2.44. The minimum atomic E-state index is -0.318. The Bertz CT molecular complexity index is 897. The summed E-state index contributed by atoms with van der Waals surface area (Å²) < 4.78 is 5.06. The molecular formula is C24H28O4S. The highest BCUT2D eigenvalue weighted by molar-refractivity contribution is 7.08. The van der Waals surface area contributed by atoms with Gasteiger partial charge in [-0.2, -0.15) is 11.3 Å². The molecule has 1 heterocycles. The van der Waals surface area contributed by atoms with Crippen molar-refractivity contribution in [2.75, 3.05) is 7.11 Å². The van der Waals surface area contributed by atoms with Crippen LogP contribution in [0.15, 0.2) is 52.3 Å². The summed E-state index contributed by atoms with van der Waals surface area (Å²) in [7, 11) is 1.45. The summed E-state index contributed by atoms with van der Waals surface area (Å²) in [6.07, 6.45) is 7.83. The van der Waals surface area contributed by atoms with Crippen molar-refractivity contribution < 1.29 is 19.7 Å². The molecule has 5 heteroatoms. The average molecular weight is 413 g/mol. The van der Waals surface area contributed by atoms with Crippen molar-refractivity contribution in [3.05, 3.63) is 63.4 Å². The molecule has 0 aliphatic heterocycles. The highest BCUT2D eigenvalue weighted by atomic mass is 32.1. The van der Waals surface area contributed by atoms with E-state index in [1.807, 2.05) is 5.38 Å². The minimum absolute atomic E-state index is 0.0163. The molecule has 0 saturated heterocycles. The van der Waals surface area contributed by atoms with Gasteiger partial charge in [0.15, 0.2) is 5.78 Å². The van der Waals surface area contributed by atoms with E-state index in [0.29, 0.717) is 12.2 Å². The number of hydrogen-bond acceptors (Lipinski definition) is 5. The van der Waals surface area contributed by atoms with Gasteiger partial charge in [0.25, 0.3) is 0 Å². The molecule has 0 amide bonds. The maximum absolute atomic E-state index is 13.4. The zero-order valence-corrected chi connectivity index (χ0v) is 18.0. The van der Waals surface area contributed by atoms with E-state index in [1.165, 1.54) is 30.4 Å². The first-order chi connectivity index (χ1) is 13.9. The second-order valence-corrected chi connectivity index (χ2v) is 8.58. The van der Waals surface area contributed by atoms with Crippen LogP contribution in [0.25, 0.3) is 0 Å². The molecule has 0 radical (unpaired) electrons. The highest BCUT2D eigenvalue weighted by Gasteiger charge is 2.35. The van der Waals surface area contributed by atoms with Crippen LogP contribution in [0.3, 0.4) is 0 Å². The minimum Gasteiger partial charge on any atom is -0.507 e. The predicted molar refractivity (Wildman–Crippen MR) is 117 cm³/mol. The average Bonchev–Trinajstić information content (AvgIpc) is 3.21. The van der Waals surface area contributed by atoms with Gasteiger partial charge in [-0.3, -0.25) is 4.79 Å². The van der Waals surface area contributed by atoms with Crippen molar-refractivity contribution in [1.29, 1.82) is 0 Å². The molecule has 0 saturated carbocycles. The van der Waals surface area contributed by atoms with E-state index in [4.69, 9.17) is 4.74 Å². The Morgan fingerprint density at radius 2 is 2.00 bits per heavy atom. The van der Waals surface area contributed by atoms with Gasteiger partial charge in [-0.05, 0) is 67.8 Å². The van der Waals surface area contributed by atoms with Crippen LogP contribution < -0.4 is 4.74 Å². The van der Waals surface area contributed by atoms with Gasteiger partial charge in [0.1, 0.15) is 22.8 Å². The van der Waals surface area contributed by atoms with Crippen molar-refractivity contribution in [3.8, 4) is 17.2 Å². The van der Waals surface area contributed by atoms with Crippen molar-refractivity contribution in [2.45, 2.75) is 45.4 Å². The molecule has 0 unspecified atom stereocenters. The van der Waals surface area contributed by atoms with E-state index in [0.717, 1.165) is 24.8 Å². The van der Waals surface area contributed by atoms with Crippen molar-refractivity contribution >= 4 is 17.1 Å². The first-order valence-electron chi connectivity index (χ1n) is 9.88. The van der Waals surface area contributed by atoms with Crippen LogP contribution in [0.2, 0.25) is 0 Å². The lowest BCUT2D eigenvalue weighted by molar-refractivity contribution is 0.0889. The maximum Gasteiger partial charge on any atom is 0.174 e. The third kappa shape index (κ3) is 4.91. The third-order valence-electron chi connectivity index (χ3n) is 5.51. The lowest BCUT2D eigenvalue weighted by Gasteiger charge is -2.30. The molecule has 2 aromatic rings. The van der Waals surface area contributed by atoms with Gasteiger partial charge in [0.05, 0.1) is 7.11 Å². The molecule has 1 aliphatic rings. The van der Waals surface area contributed by atoms with Gasteiger partial charge in [-0.15, -0.1) is 0 Å². The Hall–Kier alpha value is -2.53. The van der Waals surface area contributed by atoms with E-state index in [2.05, 4.69) is 37.4 Å². The molecule has 29 heavy (non-hydrogen) atoms. The number of thiophene rings is 1. The number of rotatable bonds is 7. The topological polar surface area (TPSA) is 66.8 Å². The smallest absolute Gasteiger partial charge is 0.174 e. The summed E-state index contributed by atoms with van der Waals surface area (Å²) in [5, 5.41) is 24.8. The first kappa shape index (κ1) is 21.2. The van der Waals surface area contributed by atoms with Crippen LogP contribution in [0, 0.1) is 5.92 Å². The summed E-state index contributed by atoms with van der Waals surface area (Å²) in [5.41, 5.74) is 3.81. The van der Waals surface area contributed by atoms with Gasteiger partial charge in [-0.25, -0.2) is 0 Å². The molecule has 0 fully saturated rings. The Morgan fingerprint density at radius 3 is 2.59 bits per heavy atom. The third-order valence-corrected chi connectivity index (χ3v) is 6.21. The van der Waals surface area contributed by atoms with Crippen LogP contribution in [0.4, 0.5) is 0 Å². The number of allylic oxidation sites excluding steroid dienone is 4. The zero-order valence-electron chi connectivity index (χ0n) is 17.1. The molecule has 1 aromatic carbocycles. The number of aromatic hydroxyl groups is 2. The Balaban J connectivity index is 1.89.